The highest BCUT2D eigenvalue weighted by Gasteiger charge is 2.12. The van der Waals surface area contributed by atoms with Crippen LogP contribution >= 0.6 is 0 Å². The lowest BCUT2D eigenvalue weighted by Crippen LogP contribution is -2.32. The van der Waals surface area contributed by atoms with Gasteiger partial charge in [0.2, 0.25) is 0 Å². The van der Waals surface area contributed by atoms with Crippen molar-refractivity contribution in [3.8, 4) is 11.5 Å². The molecule has 2 amide bonds. The van der Waals surface area contributed by atoms with Gasteiger partial charge >= 0.3 is 11.8 Å². The zero-order chi connectivity index (χ0) is 24.3. The Kier molecular flexibility index (Phi) is 8.28. The Bertz CT molecular complexity index is 1160. The molecule has 10 nitrogen and oxygen atoms in total. The Morgan fingerprint density at radius 1 is 0.912 bits per heavy atom. The van der Waals surface area contributed by atoms with Gasteiger partial charge in [-0.15, -0.1) is 0 Å². The first-order valence-corrected chi connectivity index (χ1v) is 10.3. The van der Waals surface area contributed by atoms with E-state index in [1.165, 1.54) is 18.3 Å². The van der Waals surface area contributed by atoms with Crippen molar-refractivity contribution in [1.29, 1.82) is 0 Å². The van der Waals surface area contributed by atoms with Crippen molar-refractivity contribution in [1.82, 2.24) is 5.43 Å². The molecule has 0 spiro atoms. The number of nitrogens with zero attached hydrogens (tertiary/aromatic N) is 2. The average molecular weight is 462 g/mol. The largest absolute Gasteiger partial charge is 0.494 e. The third kappa shape index (κ3) is 7.16. The van der Waals surface area contributed by atoms with Gasteiger partial charge in [0.05, 0.1) is 17.7 Å². The maximum Gasteiger partial charge on any atom is 0.329 e. The lowest BCUT2D eigenvalue weighted by Gasteiger charge is -2.07. The Morgan fingerprint density at radius 2 is 1.53 bits per heavy atom. The van der Waals surface area contributed by atoms with Crippen LogP contribution in [0.4, 0.5) is 11.4 Å². The molecule has 34 heavy (non-hydrogen) atoms. The number of hydrazone groups is 1. The molecule has 0 saturated carbocycles. The van der Waals surface area contributed by atoms with Gasteiger partial charge in [-0.05, 0) is 78.7 Å². The second-order valence-corrected chi connectivity index (χ2v) is 6.89. The first-order valence-electron chi connectivity index (χ1n) is 10.3. The van der Waals surface area contributed by atoms with E-state index in [4.69, 9.17) is 9.47 Å². The summed E-state index contributed by atoms with van der Waals surface area (Å²) in [6.07, 6.45) is 1.39. The van der Waals surface area contributed by atoms with Gasteiger partial charge in [0.15, 0.2) is 0 Å². The molecule has 0 aliphatic carbocycles. The van der Waals surface area contributed by atoms with E-state index in [0.29, 0.717) is 29.4 Å². The maximum atomic E-state index is 12.0. The number of benzene rings is 3. The van der Waals surface area contributed by atoms with Crippen LogP contribution < -0.4 is 20.2 Å². The van der Waals surface area contributed by atoms with E-state index in [2.05, 4.69) is 15.8 Å². The van der Waals surface area contributed by atoms with Gasteiger partial charge in [0.1, 0.15) is 18.1 Å². The third-order valence-electron chi connectivity index (χ3n) is 4.44. The molecule has 3 rings (SSSR count). The molecule has 0 aliphatic rings. The van der Waals surface area contributed by atoms with Crippen LogP contribution in [0, 0.1) is 10.1 Å². The van der Waals surface area contributed by atoms with Gasteiger partial charge in [-0.25, -0.2) is 5.43 Å². The zero-order valence-electron chi connectivity index (χ0n) is 18.3. The highest BCUT2D eigenvalue weighted by molar-refractivity contribution is 6.39. The van der Waals surface area contributed by atoms with Crippen molar-refractivity contribution >= 4 is 29.4 Å². The van der Waals surface area contributed by atoms with Crippen molar-refractivity contribution in [2.45, 2.75) is 13.5 Å². The number of carbonyl (C=O) groups excluding carboxylic acids is 2. The summed E-state index contributed by atoms with van der Waals surface area (Å²) in [4.78, 5) is 34.1. The third-order valence-corrected chi connectivity index (χ3v) is 4.44. The van der Waals surface area contributed by atoms with Crippen LogP contribution in [0.2, 0.25) is 0 Å². The van der Waals surface area contributed by atoms with Crippen molar-refractivity contribution in [3.63, 3.8) is 0 Å². The summed E-state index contributed by atoms with van der Waals surface area (Å²) in [5.74, 6) is -0.504. The summed E-state index contributed by atoms with van der Waals surface area (Å²) < 4.78 is 11.0. The van der Waals surface area contributed by atoms with Gasteiger partial charge in [0.25, 0.3) is 5.69 Å². The number of anilines is 1. The van der Waals surface area contributed by atoms with Crippen LogP contribution in [0.1, 0.15) is 18.1 Å². The van der Waals surface area contributed by atoms with Crippen LogP contribution in [-0.2, 0) is 16.2 Å². The molecule has 2 N–H and O–H groups in total. The molecule has 3 aromatic rings. The summed E-state index contributed by atoms with van der Waals surface area (Å²) in [5.41, 5.74) is 4.12. The Morgan fingerprint density at radius 3 is 2.15 bits per heavy atom. The second-order valence-electron chi connectivity index (χ2n) is 6.89. The quantitative estimate of drug-likeness (QED) is 0.216. The minimum Gasteiger partial charge on any atom is -0.494 e. The van der Waals surface area contributed by atoms with Crippen molar-refractivity contribution in [3.05, 3.63) is 94.0 Å². The van der Waals surface area contributed by atoms with Crippen molar-refractivity contribution in [2.75, 3.05) is 11.9 Å². The van der Waals surface area contributed by atoms with Crippen molar-refractivity contribution < 1.29 is 24.0 Å². The van der Waals surface area contributed by atoms with Gasteiger partial charge in [-0.2, -0.15) is 5.10 Å². The average Bonchev–Trinajstić information content (AvgIpc) is 2.85. The fourth-order valence-corrected chi connectivity index (χ4v) is 2.74. The summed E-state index contributed by atoms with van der Waals surface area (Å²) in [5, 5.41) is 16.9. The fraction of sp³-hybridized carbons (Fsp3) is 0.125. The smallest absolute Gasteiger partial charge is 0.329 e. The number of non-ortho nitro benzene ring substituents is 1. The molecule has 0 aromatic heterocycles. The van der Waals surface area contributed by atoms with E-state index in [0.717, 1.165) is 5.56 Å². The normalized spacial score (nSPS) is 10.5. The second kappa shape index (κ2) is 11.8. The number of nitro groups is 1. The molecular formula is C24H22N4O6. The number of hydrogen-bond acceptors (Lipinski definition) is 7. The fourth-order valence-electron chi connectivity index (χ4n) is 2.74. The van der Waals surface area contributed by atoms with Crippen molar-refractivity contribution in [2.24, 2.45) is 5.10 Å². The number of ether oxygens (including phenoxy) is 2. The van der Waals surface area contributed by atoms with E-state index in [-0.39, 0.29) is 12.3 Å². The Labute approximate surface area is 195 Å². The van der Waals surface area contributed by atoms with Gasteiger partial charge in [0, 0.05) is 17.8 Å². The predicted octanol–water partition coefficient (Wildman–Crippen LogP) is 3.66. The van der Waals surface area contributed by atoms with E-state index >= 15 is 0 Å². The summed E-state index contributed by atoms with van der Waals surface area (Å²) in [6, 6.07) is 19.6. The van der Waals surface area contributed by atoms with Gasteiger partial charge in [-0.1, -0.05) is 0 Å². The number of amides is 2. The lowest BCUT2D eigenvalue weighted by atomic mass is 10.2. The SMILES string of the molecule is CCOc1ccc(NC(=O)C(=O)NN=Cc2ccc(OCc3ccc([N+](=O)[O-])cc3)cc2)cc1. The number of carbonyl (C=O) groups is 2. The van der Waals surface area contributed by atoms with Crippen LogP contribution in [0.3, 0.4) is 0 Å². The first-order chi connectivity index (χ1) is 16.4. The van der Waals surface area contributed by atoms with E-state index < -0.39 is 16.7 Å². The maximum absolute atomic E-state index is 12.0. The number of rotatable bonds is 9. The topological polar surface area (TPSA) is 132 Å². The van der Waals surface area contributed by atoms with Crippen LogP contribution in [0.25, 0.3) is 0 Å². The zero-order valence-corrected chi connectivity index (χ0v) is 18.3. The number of nitro benzene ring substituents is 1. The molecule has 0 saturated heterocycles. The van der Waals surface area contributed by atoms with Crippen LogP contribution in [-0.4, -0.2) is 29.6 Å². The number of hydrogen-bond donors (Lipinski definition) is 2. The van der Waals surface area contributed by atoms with E-state index in [1.807, 2.05) is 6.92 Å². The molecule has 174 valence electrons. The molecule has 10 heteroatoms. The van der Waals surface area contributed by atoms with E-state index in [9.17, 15) is 19.7 Å². The summed E-state index contributed by atoms with van der Waals surface area (Å²) in [6.45, 7) is 2.65. The van der Waals surface area contributed by atoms with Crippen LogP contribution in [0.15, 0.2) is 77.9 Å². The standard InChI is InChI=1S/C24H22N4O6/c1-2-33-21-13-7-19(8-14-21)26-23(29)24(30)27-25-15-17-5-11-22(12-6-17)34-16-18-3-9-20(10-4-18)28(31)32/h3-15H,2,16H2,1H3,(H,26,29)(H,27,30). The Hall–Kier alpha value is -4.73. The molecule has 0 fully saturated rings. The molecule has 0 aliphatic heterocycles. The van der Waals surface area contributed by atoms with Gasteiger partial charge in [-0.3, -0.25) is 19.7 Å². The molecule has 0 bridgehead atoms. The predicted molar refractivity (Wildman–Crippen MR) is 126 cm³/mol. The molecular weight excluding hydrogens is 440 g/mol. The highest BCUT2D eigenvalue weighted by atomic mass is 16.6. The molecule has 0 radical (unpaired) electrons. The summed E-state index contributed by atoms with van der Waals surface area (Å²) in [7, 11) is 0. The lowest BCUT2D eigenvalue weighted by molar-refractivity contribution is -0.384. The highest BCUT2D eigenvalue weighted by Crippen LogP contribution is 2.17. The monoisotopic (exact) mass is 462 g/mol. The van der Waals surface area contributed by atoms with Crippen LogP contribution in [0.5, 0.6) is 11.5 Å². The van der Waals surface area contributed by atoms with E-state index in [1.54, 1.807) is 60.7 Å². The number of nitrogens with one attached hydrogen (secondary N) is 2. The Balaban J connectivity index is 1.44. The van der Waals surface area contributed by atoms with Gasteiger partial charge < -0.3 is 14.8 Å². The minimum atomic E-state index is -0.909. The molecule has 0 atom stereocenters. The minimum absolute atomic E-state index is 0.0214. The molecule has 0 heterocycles. The molecule has 3 aromatic carbocycles. The first kappa shape index (κ1) is 23.9. The summed E-state index contributed by atoms with van der Waals surface area (Å²) >= 11 is 0. The molecule has 0 unspecified atom stereocenters.